The van der Waals surface area contributed by atoms with Gasteiger partial charge in [-0.25, -0.2) is 4.39 Å². The van der Waals surface area contributed by atoms with E-state index >= 15 is 0 Å². The first-order valence-corrected chi connectivity index (χ1v) is 11.4. The van der Waals surface area contributed by atoms with Gasteiger partial charge in [0.1, 0.15) is 29.5 Å². The smallest absolute Gasteiger partial charge is 0.227 e. The Hall–Kier alpha value is -2.98. The van der Waals surface area contributed by atoms with Crippen molar-refractivity contribution in [3.8, 4) is 5.75 Å². The number of aryl methyl sites for hydroxylation is 2. The Bertz CT molecular complexity index is 985. The number of aromatic nitrogens is 1. The van der Waals surface area contributed by atoms with Crippen LogP contribution in [0.2, 0.25) is 0 Å². The average molecular weight is 476 g/mol. The third-order valence-electron chi connectivity index (χ3n) is 6.26. The first kappa shape index (κ1) is 24.2. The zero-order valence-electron chi connectivity index (χ0n) is 19.5. The number of carbonyl (C=O) groups excluding carboxylic acids is 2. The number of carbonyl (C=O) groups is 2. The SMILES string of the molecule is Cc1noc(C)c1CC(=O)N1CCO[C@](COc2ccc(F)cc2)(CC(=O)N2CCOCC2)C1. The molecular weight excluding hydrogens is 445 g/mol. The van der Waals surface area contributed by atoms with Crippen LogP contribution in [0.1, 0.15) is 23.4 Å². The summed E-state index contributed by atoms with van der Waals surface area (Å²) in [6.07, 6.45) is 0.219. The fraction of sp³-hybridized carbons (Fsp3) is 0.542. The summed E-state index contributed by atoms with van der Waals surface area (Å²) in [6.45, 7) is 6.54. The highest BCUT2D eigenvalue weighted by Gasteiger charge is 2.42. The highest BCUT2D eigenvalue weighted by molar-refractivity contribution is 5.80. The maximum Gasteiger partial charge on any atom is 0.227 e. The molecule has 184 valence electrons. The van der Waals surface area contributed by atoms with E-state index < -0.39 is 5.60 Å². The Kier molecular flexibility index (Phi) is 7.47. The number of ether oxygens (including phenoxy) is 3. The third-order valence-corrected chi connectivity index (χ3v) is 6.26. The van der Waals surface area contributed by atoms with E-state index in [4.69, 9.17) is 18.7 Å². The molecule has 1 atom stereocenters. The highest BCUT2D eigenvalue weighted by Crippen LogP contribution is 2.27. The van der Waals surface area contributed by atoms with Crippen LogP contribution in [0.4, 0.5) is 4.39 Å². The Morgan fingerprint density at radius 1 is 1.06 bits per heavy atom. The van der Waals surface area contributed by atoms with E-state index in [2.05, 4.69) is 5.16 Å². The van der Waals surface area contributed by atoms with Crippen LogP contribution in [0.3, 0.4) is 0 Å². The van der Waals surface area contributed by atoms with Gasteiger partial charge in [-0.2, -0.15) is 0 Å². The summed E-state index contributed by atoms with van der Waals surface area (Å²) in [5.74, 6) is 0.540. The van der Waals surface area contributed by atoms with Crippen molar-refractivity contribution in [3.05, 3.63) is 47.1 Å². The quantitative estimate of drug-likeness (QED) is 0.604. The predicted octanol–water partition coefficient (Wildman–Crippen LogP) is 1.90. The van der Waals surface area contributed by atoms with Crippen molar-refractivity contribution in [2.45, 2.75) is 32.3 Å². The number of benzene rings is 1. The highest BCUT2D eigenvalue weighted by atomic mass is 19.1. The van der Waals surface area contributed by atoms with Crippen LogP contribution in [0.5, 0.6) is 5.75 Å². The molecule has 2 aliphatic rings. The molecule has 2 aromatic rings. The molecule has 1 aromatic heterocycles. The molecule has 10 heteroatoms. The number of rotatable bonds is 7. The van der Waals surface area contributed by atoms with E-state index in [1.165, 1.54) is 24.3 Å². The van der Waals surface area contributed by atoms with E-state index in [1.807, 2.05) is 0 Å². The molecule has 2 fully saturated rings. The molecule has 0 spiro atoms. The second-order valence-electron chi connectivity index (χ2n) is 8.74. The van der Waals surface area contributed by atoms with E-state index in [-0.39, 0.29) is 50.2 Å². The van der Waals surface area contributed by atoms with Crippen molar-refractivity contribution >= 4 is 11.8 Å². The maximum absolute atomic E-state index is 13.3. The van der Waals surface area contributed by atoms with Crippen LogP contribution in [-0.2, 0) is 25.5 Å². The molecule has 2 aliphatic heterocycles. The van der Waals surface area contributed by atoms with E-state index in [1.54, 1.807) is 23.6 Å². The number of halogens is 1. The minimum absolute atomic E-state index is 0.0455. The molecule has 0 bridgehead atoms. The summed E-state index contributed by atoms with van der Waals surface area (Å²) in [5, 5.41) is 3.93. The van der Waals surface area contributed by atoms with E-state index in [0.717, 1.165) is 5.56 Å². The van der Waals surface area contributed by atoms with Gasteiger partial charge in [-0.05, 0) is 38.1 Å². The lowest BCUT2D eigenvalue weighted by Crippen LogP contribution is -2.59. The number of nitrogens with zero attached hydrogens (tertiary/aromatic N) is 3. The van der Waals surface area contributed by atoms with Gasteiger partial charge in [0.2, 0.25) is 11.8 Å². The van der Waals surface area contributed by atoms with Gasteiger partial charge in [-0.3, -0.25) is 9.59 Å². The molecule has 2 saturated heterocycles. The van der Waals surface area contributed by atoms with Crippen molar-refractivity contribution in [1.29, 1.82) is 0 Å². The lowest BCUT2D eigenvalue weighted by molar-refractivity contribution is -0.167. The molecule has 3 heterocycles. The van der Waals surface area contributed by atoms with Gasteiger partial charge >= 0.3 is 0 Å². The normalized spacial score (nSPS) is 20.9. The topological polar surface area (TPSA) is 94.3 Å². The van der Waals surface area contributed by atoms with Gasteiger partial charge in [0, 0.05) is 25.2 Å². The van der Waals surface area contributed by atoms with Crippen molar-refractivity contribution in [2.75, 3.05) is 52.6 Å². The number of hydrogen-bond acceptors (Lipinski definition) is 7. The molecule has 4 rings (SSSR count). The third kappa shape index (κ3) is 5.74. The first-order valence-electron chi connectivity index (χ1n) is 11.4. The van der Waals surface area contributed by atoms with Gasteiger partial charge in [-0.15, -0.1) is 0 Å². The Morgan fingerprint density at radius 3 is 2.44 bits per heavy atom. The van der Waals surface area contributed by atoms with Crippen molar-refractivity contribution in [1.82, 2.24) is 15.0 Å². The van der Waals surface area contributed by atoms with Gasteiger partial charge in [-0.1, -0.05) is 5.16 Å². The molecule has 0 aliphatic carbocycles. The zero-order chi connectivity index (χ0) is 24.1. The lowest BCUT2D eigenvalue weighted by atomic mass is 9.96. The molecule has 0 saturated carbocycles. The van der Waals surface area contributed by atoms with Gasteiger partial charge < -0.3 is 28.5 Å². The molecule has 0 unspecified atom stereocenters. The molecule has 0 radical (unpaired) electrons. The van der Waals surface area contributed by atoms with Crippen molar-refractivity contribution in [3.63, 3.8) is 0 Å². The summed E-state index contributed by atoms with van der Waals surface area (Å²) in [5.41, 5.74) is 0.428. The Balaban J connectivity index is 1.50. The molecule has 2 amide bonds. The molecule has 9 nitrogen and oxygen atoms in total. The van der Waals surface area contributed by atoms with Crippen LogP contribution in [-0.4, -0.2) is 85.0 Å². The minimum Gasteiger partial charge on any atom is -0.490 e. The maximum atomic E-state index is 13.3. The standard InChI is InChI=1S/C24H30FN3O6/c1-17-21(18(2)34-26-17)13-22(29)28-9-12-33-24(15-28,14-23(30)27-7-10-31-11-8-27)16-32-20-5-3-19(25)4-6-20/h3-6H,7-16H2,1-2H3/t24-/m1/s1. The van der Waals surface area contributed by atoms with E-state index in [0.29, 0.717) is 50.1 Å². The Labute approximate surface area is 197 Å². The summed E-state index contributed by atoms with van der Waals surface area (Å²) in [7, 11) is 0. The second-order valence-corrected chi connectivity index (χ2v) is 8.74. The van der Waals surface area contributed by atoms with Crippen molar-refractivity contribution in [2.24, 2.45) is 0 Å². The van der Waals surface area contributed by atoms with E-state index in [9.17, 15) is 14.0 Å². The zero-order valence-corrected chi connectivity index (χ0v) is 19.5. The van der Waals surface area contributed by atoms with Crippen LogP contribution < -0.4 is 4.74 Å². The molecule has 34 heavy (non-hydrogen) atoms. The summed E-state index contributed by atoms with van der Waals surface area (Å²) >= 11 is 0. The van der Waals surface area contributed by atoms with Gasteiger partial charge in [0.15, 0.2) is 0 Å². The number of hydrogen-bond donors (Lipinski definition) is 0. The number of amides is 2. The van der Waals surface area contributed by atoms with Crippen LogP contribution in [0.15, 0.2) is 28.8 Å². The largest absolute Gasteiger partial charge is 0.490 e. The minimum atomic E-state index is -1.03. The molecular formula is C24H30FN3O6. The van der Waals surface area contributed by atoms with Gasteiger partial charge in [0.25, 0.3) is 0 Å². The number of morpholine rings is 2. The fourth-order valence-electron chi connectivity index (χ4n) is 4.27. The molecule has 0 N–H and O–H groups in total. The van der Waals surface area contributed by atoms with Gasteiger partial charge in [0.05, 0.1) is 44.9 Å². The lowest BCUT2D eigenvalue weighted by Gasteiger charge is -2.43. The monoisotopic (exact) mass is 475 g/mol. The molecule has 1 aromatic carbocycles. The van der Waals surface area contributed by atoms with Crippen LogP contribution in [0, 0.1) is 19.7 Å². The van der Waals surface area contributed by atoms with Crippen LogP contribution in [0.25, 0.3) is 0 Å². The summed E-state index contributed by atoms with van der Waals surface area (Å²) < 4.78 is 35.9. The van der Waals surface area contributed by atoms with Crippen LogP contribution >= 0.6 is 0 Å². The van der Waals surface area contributed by atoms with Crippen molar-refractivity contribution < 1.29 is 32.7 Å². The second kappa shape index (κ2) is 10.5. The Morgan fingerprint density at radius 2 is 1.76 bits per heavy atom. The summed E-state index contributed by atoms with van der Waals surface area (Å²) in [4.78, 5) is 29.7. The fourth-order valence-corrected chi connectivity index (χ4v) is 4.27. The first-order chi connectivity index (χ1) is 16.3. The predicted molar refractivity (Wildman–Crippen MR) is 119 cm³/mol. The average Bonchev–Trinajstić information content (AvgIpc) is 3.16. The summed E-state index contributed by atoms with van der Waals surface area (Å²) in [6, 6.07) is 5.66.